The number of halogens is 4. The number of hydrogen-bond acceptors (Lipinski definition) is 3. The second kappa shape index (κ2) is 4.51. The second-order valence-electron chi connectivity index (χ2n) is 4.29. The summed E-state index contributed by atoms with van der Waals surface area (Å²) in [6.07, 6.45) is -2.24. The van der Waals surface area contributed by atoms with Gasteiger partial charge in [-0.2, -0.15) is 13.2 Å². The van der Waals surface area contributed by atoms with E-state index in [-0.39, 0.29) is 18.0 Å². The van der Waals surface area contributed by atoms with E-state index < -0.39 is 18.0 Å². The highest BCUT2D eigenvalue weighted by Crippen LogP contribution is 2.48. The molecule has 1 aromatic rings. The van der Waals surface area contributed by atoms with Crippen LogP contribution < -0.4 is 5.73 Å². The maximum absolute atomic E-state index is 12.9. The van der Waals surface area contributed by atoms with E-state index in [4.69, 9.17) is 10.3 Å². The fourth-order valence-corrected chi connectivity index (χ4v) is 2.81. The van der Waals surface area contributed by atoms with Crippen LogP contribution in [0, 0.1) is 5.92 Å². The first-order valence-corrected chi connectivity index (χ1v) is 6.18. The molecule has 2 unspecified atom stereocenters. The van der Waals surface area contributed by atoms with Gasteiger partial charge >= 0.3 is 6.18 Å². The lowest BCUT2D eigenvalue weighted by atomic mass is 9.77. The van der Waals surface area contributed by atoms with E-state index in [0.29, 0.717) is 17.3 Å². The van der Waals surface area contributed by atoms with E-state index in [1.54, 1.807) is 0 Å². The molecular weight excluding hydrogens is 301 g/mol. The van der Waals surface area contributed by atoms with Crippen molar-refractivity contribution in [3.8, 4) is 0 Å². The van der Waals surface area contributed by atoms with Gasteiger partial charge in [0.05, 0.1) is 5.92 Å². The first-order chi connectivity index (χ1) is 7.91. The minimum Gasteiger partial charge on any atom is -0.380 e. The highest BCUT2D eigenvalue weighted by Gasteiger charge is 2.47. The quantitative estimate of drug-likeness (QED) is 0.856. The van der Waals surface area contributed by atoms with Gasteiger partial charge in [0.25, 0.3) is 0 Å². The topological polar surface area (TPSA) is 52.0 Å². The molecule has 96 valence electrons. The van der Waals surface area contributed by atoms with Gasteiger partial charge in [-0.15, -0.1) is 0 Å². The maximum Gasteiger partial charge on any atom is 0.392 e. The predicted molar refractivity (Wildman–Crippen MR) is 59.4 cm³/mol. The van der Waals surface area contributed by atoms with Crippen LogP contribution in [0.25, 0.3) is 0 Å². The standard InChI is InChI=1S/C10H12BrF3N2O/c11-7-8(17-16-9(7)15)5-3-1-2-4-6(5)10(12,13)14/h5-6H,1-4H2,(H2,15,16). The summed E-state index contributed by atoms with van der Waals surface area (Å²) >= 11 is 3.13. The van der Waals surface area contributed by atoms with E-state index in [1.165, 1.54) is 0 Å². The molecule has 0 aliphatic heterocycles. The Bertz CT molecular complexity index is 405. The third-order valence-electron chi connectivity index (χ3n) is 3.21. The Morgan fingerprint density at radius 1 is 1.29 bits per heavy atom. The maximum atomic E-state index is 12.9. The first kappa shape index (κ1) is 12.7. The van der Waals surface area contributed by atoms with Crippen molar-refractivity contribution in [3.05, 3.63) is 10.2 Å². The summed E-state index contributed by atoms with van der Waals surface area (Å²) in [6.45, 7) is 0. The van der Waals surface area contributed by atoms with Crippen molar-refractivity contribution in [3.63, 3.8) is 0 Å². The lowest BCUT2D eigenvalue weighted by Crippen LogP contribution is -2.31. The van der Waals surface area contributed by atoms with Gasteiger partial charge in [-0.3, -0.25) is 0 Å². The van der Waals surface area contributed by atoms with E-state index >= 15 is 0 Å². The number of hydrogen-bond donors (Lipinski definition) is 1. The van der Waals surface area contributed by atoms with Crippen LogP contribution in [0.2, 0.25) is 0 Å². The van der Waals surface area contributed by atoms with Gasteiger partial charge in [0.1, 0.15) is 4.47 Å². The molecule has 1 aliphatic rings. The number of nitrogens with zero attached hydrogens (tertiary/aromatic N) is 1. The molecule has 1 aromatic heterocycles. The molecule has 2 rings (SSSR count). The van der Waals surface area contributed by atoms with Crippen molar-refractivity contribution in [1.82, 2.24) is 5.16 Å². The molecule has 1 aliphatic carbocycles. The van der Waals surface area contributed by atoms with Crippen LogP contribution in [0.5, 0.6) is 0 Å². The second-order valence-corrected chi connectivity index (χ2v) is 5.08. The van der Waals surface area contributed by atoms with Gasteiger partial charge in [0.15, 0.2) is 11.6 Å². The Balaban J connectivity index is 2.31. The average molecular weight is 313 g/mol. The Labute approximate surface area is 105 Å². The highest BCUT2D eigenvalue weighted by molar-refractivity contribution is 9.10. The number of rotatable bonds is 1. The fourth-order valence-electron chi connectivity index (χ4n) is 2.37. The van der Waals surface area contributed by atoms with E-state index in [1.807, 2.05) is 0 Å². The number of aromatic nitrogens is 1. The summed E-state index contributed by atoms with van der Waals surface area (Å²) in [5.74, 6) is -1.71. The van der Waals surface area contributed by atoms with Crippen LogP contribution in [-0.4, -0.2) is 11.3 Å². The number of nitrogen functional groups attached to an aromatic ring is 1. The SMILES string of the molecule is Nc1noc(C2CCCCC2C(F)(F)F)c1Br. The first-order valence-electron chi connectivity index (χ1n) is 5.38. The Morgan fingerprint density at radius 3 is 2.47 bits per heavy atom. The molecule has 7 heteroatoms. The van der Waals surface area contributed by atoms with Crippen LogP contribution in [-0.2, 0) is 0 Å². The number of nitrogens with two attached hydrogens (primary N) is 1. The Kier molecular flexibility index (Phi) is 3.38. The zero-order chi connectivity index (χ0) is 12.6. The third-order valence-corrected chi connectivity index (χ3v) is 4.00. The van der Waals surface area contributed by atoms with Crippen LogP contribution in [0.3, 0.4) is 0 Å². The van der Waals surface area contributed by atoms with Crippen molar-refractivity contribution in [2.24, 2.45) is 5.92 Å². The molecule has 2 atom stereocenters. The van der Waals surface area contributed by atoms with Crippen molar-refractivity contribution in [2.45, 2.75) is 37.8 Å². The van der Waals surface area contributed by atoms with Crippen LogP contribution in [0.4, 0.5) is 19.0 Å². The predicted octanol–water partition coefficient (Wildman–Crippen LogP) is 3.86. The zero-order valence-corrected chi connectivity index (χ0v) is 10.5. The van der Waals surface area contributed by atoms with Crippen LogP contribution in [0.1, 0.15) is 37.4 Å². The molecule has 0 bridgehead atoms. The van der Waals surface area contributed by atoms with Gasteiger partial charge in [0, 0.05) is 5.92 Å². The molecule has 1 saturated carbocycles. The van der Waals surface area contributed by atoms with Crippen molar-refractivity contribution in [1.29, 1.82) is 0 Å². The fraction of sp³-hybridized carbons (Fsp3) is 0.700. The molecule has 3 nitrogen and oxygen atoms in total. The van der Waals surface area contributed by atoms with Gasteiger partial charge in [-0.05, 0) is 28.8 Å². The molecule has 0 radical (unpaired) electrons. The Hall–Kier alpha value is -0.720. The molecule has 0 amide bonds. The normalized spacial score (nSPS) is 26.1. The molecule has 1 heterocycles. The van der Waals surface area contributed by atoms with Crippen LogP contribution in [0.15, 0.2) is 9.00 Å². The van der Waals surface area contributed by atoms with Gasteiger partial charge < -0.3 is 10.3 Å². The summed E-state index contributed by atoms with van der Waals surface area (Å²) in [5, 5.41) is 3.50. The molecule has 0 aromatic carbocycles. The van der Waals surface area contributed by atoms with Crippen molar-refractivity contribution >= 4 is 21.7 Å². The highest BCUT2D eigenvalue weighted by atomic mass is 79.9. The van der Waals surface area contributed by atoms with E-state index in [2.05, 4.69) is 21.1 Å². The summed E-state index contributed by atoms with van der Waals surface area (Å²) in [5.41, 5.74) is 5.47. The lowest BCUT2D eigenvalue weighted by Gasteiger charge is -2.31. The van der Waals surface area contributed by atoms with E-state index in [0.717, 1.165) is 6.42 Å². The molecule has 0 saturated heterocycles. The summed E-state index contributed by atoms with van der Waals surface area (Å²) in [6, 6.07) is 0. The monoisotopic (exact) mass is 312 g/mol. The molecule has 1 fully saturated rings. The van der Waals surface area contributed by atoms with Gasteiger partial charge in [-0.25, -0.2) is 0 Å². The number of alkyl halides is 3. The van der Waals surface area contributed by atoms with Crippen LogP contribution >= 0.6 is 15.9 Å². The zero-order valence-electron chi connectivity index (χ0n) is 8.93. The molecule has 17 heavy (non-hydrogen) atoms. The van der Waals surface area contributed by atoms with E-state index in [9.17, 15) is 13.2 Å². The van der Waals surface area contributed by atoms with Gasteiger partial charge in [0.2, 0.25) is 0 Å². The van der Waals surface area contributed by atoms with Crippen molar-refractivity contribution in [2.75, 3.05) is 5.73 Å². The smallest absolute Gasteiger partial charge is 0.380 e. The minimum atomic E-state index is -4.20. The average Bonchev–Trinajstić information content (AvgIpc) is 2.59. The lowest BCUT2D eigenvalue weighted by molar-refractivity contribution is -0.188. The van der Waals surface area contributed by atoms with Gasteiger partial charge in [-0.1, -0.05) is 18.0 Å². The number of anilines is 1. The minimum absolute atomic E-state index is 0.103. The largest absolute Gasteiger partial charge is 0.392 e. The third kappa shape index (κ3) is 2.43. The molecule has 2 N–H and O–H groups in total. The summed E-state index contributed by atoms with van der Waals surface area (Å²) in [7, 11) is 0. The van der Waals surface area contributed by atoms with Crippen molar-refractivity contribution < 1.29 is 17.7 Å². The summed E-state index contributed by atoms with van der Waals surface area (Å²) < 4.78 is 44.0. The Morgan fingerprint density at radius 2 is 1.94 bits per heavy atom. The molecule has 0 spiro atoms. The summed E-state index contributed by atoms with van der Waals surface area (Å²) in [4.78, 5) is 0. The molecular formula is C10H12BrF3N2O.